The van der Waals surface area contributed by atoms with Crippen molar-refractivity contribution in [2.75, 3.05) is 18.0 Å². The third-order valence-corrected chi connectivity index (χ3v) is 7.83. The van der Waals surface area contributed by atoms with Crippen molar-refractivity contribution >= 4 is 27.5 Å². The zero-order valence-electron chi connectivity index (χ0n) is 22.4. The van der Waals surface area contributed by atoms with Crippen molar-refractivity contribution < 1.29 is 22.7 Å². The summed E-state index contributed by atoms with van der Waals surface area (Å²) >= 11 is 0. The number of aryl methyl sites for hydroxylation is 1. The third kappa shape index (κ3) is 7.13. The molecule has 1 atom stereocenters. The van der Waals surface area contributed by atoms with Gasteiger partial charge in [0.25, 0.3) is 10.0 Å². The topological polar surface area (TPSA) is 96.0 Å². The van der Waals surface area contributed by atoms with Crippen molar-refractivity contribution in [2.24, 2.45) is 0 Å². The molecule has 0 saturated carbocycles. The Labute approximate surface area is 225 Å². The number of sulfonamides is 1. The summed E-state index contributed by atoms with van der Waals surface area (Å²) in [5.74, 6) is -0.271. The maximum absolute atomic E-state index is 13.8. The predicted molar refractivity (Wildman–Crippen MR) is 148 cm³/mol. The summed E-state index contributed by atoms with van der Waals surface area (Å²) in [5.41, 5.74) is 2.20. The second-order valence-electron chi connectivity index (χ2n) is 9.37. The third-order valence-electron chi connectivity index (χ3n) is 6.04. The van der Waals surface area contributed by atoms with Gasteiger partial charge in [0.15, 0.2) is 0 Å². The summed E-state index contributed by atoms with van der Waals surface area (Å²) in [6.45, 7) is 6.95. The van der Waals surface area contributed by atoms with Crippen molar-refractivity contribution in [1.82, 2.24) is 10.2 Å². The molecule has 0 radical (unpaired) electrons. The van der Waals surface area contributed by atoms with Crippen molar-refractivity contribution in [3.8, 4) is 5.75 Å². The molecular formula is C29H35N3O5S. The number of nitrogens with zero attached hydrogens (tertiary/aromatic N) is 2. The molecular weight excluding hydrogens is 502 g/mol. The van der Waals surface area contributed by atoms with Gasteiger partial charge in [-0.2, -0.15) is 0 Å². The molecule has 0 saturated heterocycles. The van der Waals surface area contributed by atoms with Gasteiger partial charge in [-0.15, -0.1) is 0 Å². The minimum Gasteiger partial charge on any atom is -0.497 e. The Morgan fingerprint density at radius 1 is 0.895 bits per heavy atom. The van der Waals surface area contributed by atoms with Gasteiger partial charge >= 0.3 is 0 Å². The molecule has 0 spiro atoms. The van der Waals surface area contributed by atoms with E-state index < -0.39 is 28.5 Å². The van der Waals surface area contributed by atoms with Crippen LogP contribution in [0.4, 0.5) is 5.69 Å². The van der Waals surface area contributed by atoms with Gasteiger partial charge in [-0.25, -0.2) is 8.42 Å². The highest BCUT2D eigenvalue weighted by atomic mass is 32.2. The Balaban J connectivity index is 2.01. The number of ether oxygens (including phenoxy) is 1. The summed E-state index contributed by atoms with van der Waals surface area (Å²) < 4.78 is 33.8. The van der Waals surface area contributed by atoms with Crippen LogP contribution in [0.1, 0.15) is 31.9 Å². The number of hydrogen-bond donors (Lipinski definition) is 1. The van der Waals surface area contributed by atoms with Crippen molar-refractivity contribution in [3.05, 3.63) is 90.0 Å². The summed E-state index contributed by atoms with van der Waals surface area (Å²) in [4.78, 5) is 28.3. The molecule has 2 amide bonds. The number of methoxy groups -OCH3 is 1. The number of hydrogen-bond acceptors (Lipinski definition) is 5. The summed E-state index contributed by atoms with van der Waals surface area (Å²) in [5, 5.41) is 2.85. The molecule has 0 fully saturated rings. The fraction of sp³-hybridized carbons (Fsp3) is 0.310. The molecule has 3 aromatic carbocycles. The summed E-state index contributed by atoms with van der Waals surface area (Å²) in [6, 6.07) is 21.1. The number of rotatable bonds is 11. The van der Waals surface area contributed by atoms with Gasteiger partial charge in [0, 0.05) is 12.6 Å². The van der Waals surface area contributed by atoms with Gasteiger partial charge in [0.05, 0.1) is 17.7 Å². The van der Waals surface area contributed by atoms with Crippen LogP contribution in [0.2, 0.25) is 0 Å². The molecule has 38 heavy (non-hydrogen) atoms. The van der Waals surface area contributed by atoms with Gasteiger partial charge in [0.1, 0.15) is 18.3 Å². The Bertz CT molecular complexity index is 1320. The average Bonchev–Trinajstić information content (AvgIpc) is 2.91. The van der Waals surface area contributed by atoms with Gasteiger partial charge in [-0.3, -0.25) is 13.9 Å². The fourth-order valence-corrected chi connectivity index (χ4v) is 5.31. The van der Waals surface area contributed by atoms with Gasteiger partial charge in [-0.1, -0.05) is 48.0 Å². The maximum Gasteiger partial charge on any atom is 0.264 e. The minimum absolute atomic E-state index is 0.0549. The first kappa shape index (κ1) is 28.7. The van der Waals surface area contributed by atoms with E-state index in [-0.39, 0.29) is 23.4 Å². The van der Waals surface area contributed by atoms with E-state index >= 15 is 0 Å². The second kappa shape index (κ2) is 12.6. The van der Waals surface area contributed by atoms with E-state index in [4.69, 9.17) is 4.74 Å². The molecule has 0 heterocycles. The SMILES string of the molecule is COc1ccc(N(CC(=O)N(Cc2ccc(C)cc2)[C@@H](C)C(=O)NC(C)C)S(=O)(=O)c2ccccc2)cc1. The predicted octanol–water partition coefficient (Wildman–Crippen LogP) is 4.14. The molecule has 8 nitrogen and oxygen atoms in total. The van der Waals surface area contributed by atoms with Gasteiger partial charge < -0.3 is 15.0 Å². The summed E-state index contributed by atoms with van der Waals surface area (Å²) in [6.07, 6.45) is 0. The highest BCUT2D eigenvalue weighted by Crippen LogP contribution is 2.26. The maximum atomic E-state index is 13.8. The number of amides is 2. The highest BCUT2D eigenvalue weighted by Gasteiger charge is 2.32. The molecule has 3 aromatic rings. The lowest BCUT2D eigenvalue weighted by atomic mass is 10.1. The van der Waals surface area contributed by atoms with Crippen LogP contribution in [0, 0.1) is 6.92 Å². The molecule has 0 unspecified atom stereocenters. The molecule has 9 heteroatoms. The van der Waals surface area contributed by atoms with E-state index in [2.05, 4.69) is 5.32 Å². The van der Waals surface area contributed by atoms with E-state index in [0.29, 0.717) is 11.4 Å². The van der Waals surface area contributed by atoms with E-state index in [1.54, 1.807) is 49.4 Å². The van der Waals surface area contributed by atoms with Crippen LogP contribution in [0.3, 0.4) is 0 Å². The summed E-state index contributed by atoms with van der Waals surface area (Å²) in [7, 11) is -2.58. The van der Waals surface area contributed by atoms with E-state index in [1.165, 1.54) is 24.1 Å². The van der Waals surface area contributed by atoms with Gasteiger partial charge in [0.2, 0.25) is 11.8 Å². The smallest absolute Gasteiger partial charge is 0.264 e. The Kier molecular flexibility index (Phi) is 9.52. The molecule has 202 valence electrons. The zero-order valence-corrected chi connectivity index (χ0v) is 23.2. The Hall–Kier alpha value is -3.85. The highest BCUT2D eigenvalue weighted by molar-refractivity contribution is 7.92. The van der Waals surface area contributed by atoms with Crippen molar-refractivity contribution in [2.45, 2.75) is 51.2 Å². The fourth-order valence-electron chi connectivity index (χ4n) is 3.87. The lowest BCUT2D eigenvalue weighted by Crippen LogP contribution is -2.52. The van der Waals surface area contributed by atoms with Crippen LogP contribution in [-0.2, 0) is 26.2 Å². The first-order valence-corrected chi connectivity index (χ1v) is 13.8. The first-order chi connectivity index (χ1) is 18.0. The van der Waals surface area contributed by atoms with Crippen LogP contribution in [0.15, 0.2) is 83.8 Å². The number of nitrogens with one attached hydrogen (secondary N) is 1. The molecule has 3 rings (SSSR count). The van der Waals surface area contributed by atoms with Gasteiger partial charge in [-0.05, 0) is 69.7 Å². The molecule has 0 aromatic heterocycles. The van der Waals surface area contributed by atoms with E-state index in [9.17, 15) is 18.0 Å². The average molecular weight is 538 g/mol. The quantitative estimate of drug-likeness (QED) is 0.397. The Morgan fingerprint density at radius 2 is 1.50 bits per heavy atom. The zero-order chi connectivity index (χ0) is 27.9. The lowest BCUT2D eigenvalue weighted by molar-refractivity contribution is -0.139. The van der Waals surface area contributed by atoms with Crippen LogP contribution in [0.25, 0.3) is 0 Å². The minimum atomic E-state index is -4.10. The van der Waals surface area contributed by atoms with Crippen LogP contribution in [-0.4, -0.2) is 50.9 Å². The normalized spacial score (nSPS) is 12.1. The van der Waals surface area contributed by atoms with Crippen molar-refractivity contribution in [1.29, 1.82) is 0 Å². The second-order valence-corrected chi connectivity index (χ2v) is 11.2. The number of carbonyl (C=O) groups excluding carboxylic acids is 2. The van der Waals surface area contributed by atoms with Crippen molar-refractivity contribution in [3.63, 3.8) is 0 Å². The number of benzene rings is 3. The lowest BCUT2D eigenvalue weighted by Gasteiger charge is -2.32. The molecule has 0 aliphatic rings. The monoisotopic (exact) mass is 537 g/mol. The molecule has 1 N–H and O–H groups in total. The van der Waals surface area contributed by atoms with Crippen LogP contribution in [0.5, 0.6) is 5.75 Å². The molecule has 0 bridgehead atoms. The van der Waals surface area contributed by atoms with Crippen LogP contribution >= 0.6 is 0 Å². The van der Waals surface area contributed by atoms with E-state index in [0.717, 1.165) is 15.4 Å². The largest absolute Gasteiger partial charge is 0.497 e. The standard InChI is InChI=1S/C29H35N3O5S/c1-21(2)30-29(34)23(4)31(19-24-13-11-22(3)12-14-24)28(33)20-32(25-15-17-26(37-5)18-16-25)38(35,36)27-9-7-6-8-10-27/h6-18,21,23H,19-20H2,1-5H3,(H,30,34)/t23-/m0/s1. The Morgan fingerprint density at radius 3 is 2.05 bits per heavy atom. The molecule has 0 aliphatic carbocycles. The number of carbonyl (C=O) groups is 2. The number of anilines is 1. The van der Waals surface area contributed by atoms with Crippen LogP contribution < -0.4 is 14.4 Å². The first-order valence-electron chi connectivity index (χ1n) is 12.4. The molecule has 0 aliphatic heterocycles. The van der Waals surface area contributed by atoms with E-state index in [1.807, 2.05) is 45.0 Å².